The summed E-state index contributed by atoms with van der Waals surface area (Å²) in [7, 11) is 0. The van der Waals surface area contributed by atoms with Crippen LogP contribution < -0.4 is 27.7 Å². The van der Waals surface area contributed by atoms with Crippen molar-refractivity contribution in [3.63, 3.8) is 0 Å². The Morgan fingerprint density at radius 2 is 0.743 bits per heavy atom. The van der Waals surface area contributed by atoms with Crippen LogP contribution in [0.15, 0.2) is 54.3 Å². The lowest BCUT2D eigenvalue weighted by atomic mass is 10.2. The van der Waals surface area contributed by atoms with E-state index >= 15 is 0 Å². The molecule has 1 aromatic rings. The lowest BCUT2D eigenvalue weighted by molar-refractivity contribution is 0.106. The molecule has 1 aromatic heterocycles. The molecule has 2 heterocycles. The zero-order chi connectivity index (χ0) is 55.0. The summed E-state index contributed by atoms with van der Waals surface area (Å²) in [5.41, 5.74) is -2.88. The van der Waals surface area contributed by atoms with Crippen LogP contribution in [0.1, 0.15) is 103 Å². The topological polar surface area (TPSA) is 403 Å². The molecule has 0 bridgehead atoms. The Morgan fingerprint density at radius 3 is 1.19 bits per heavy atom. The van der Waals surface area contributed by atoms with Gasteiger partial charge in [0.05, 0.1) is 26.2 Å². The first-order valence-electron chi connectivity index (χ1n) is 23.2. The Morgan fingerprint density at radius 1 is 0.378 bits per heavy atom. The smallest absolute Gasteiger partial charge is 0.338 e. The van der Waals surface area contributed by atoms with Gasteiger partial charge in [0.1, 0.15) is 26.7 Å². The molecule has 1 aliphatic heterocycles. The molecule has 0 aliphatic carbocycles. The van der Waals surface area contributed by atoms with E-state index in [1.165, 1.54) is 48.6 Å². The number of carbonyl (C=O) groups excluding carboxylic acids is 12. The third-order valence-electron chi connectivity index (χ3n) is 9.94. The van der Waals surface area contributed by atoms with E-state index in [1.54, 1.807) is 0 Å². The predicted molar refractivity (Wildman–Crippen MR) is 255 cm³/mol. The van der Waals surface area contributed by atoms with Gasteiger partial charge in [0, 0.05) is 26.2 Å². The number of unbranched alkanes of at least 4 members (excludes halogenated alkanes) is 12. The van der Waals surface area contributed by atoms with Crippen LogP contribution in [0.3, 0.4) is 0 Å². The van der Waals surface area contributed by atoms with Crippen LogP contribution in [0.4, 0.5) is 19.2 Å². The highest BCUT2D eigenvalue weighted by molar-refractivity contribution is 6.11. The van der Waals surface area contributed by atoms with Gasteiger partial charge in [-0.3, -0.25) is 0 Å². The molecular formula is C43H58N16O15. The Labute approximate surface area is 421 Å². The first kappa shape index (κ1) is 65.1. The summed E-state index contributed by atoms with van der Waals surface area (Å²) < 4.78 is 1.96. The molecule has 0 aromatic carbocycles. The normalized spacial score (nSPS) is 10.6. The molecule has 1 fully saturated rings. The molecule has 0 spiro atoms. The number of nitrogens with one attached hydrogen (secondary N) is 2. The minimum atomic E-state index is -1.04. The third-order valence-corrected chi connectivity index (χ3v) is 9.94. The fourth-order valence-electron chi connectivity index (χ4n) is 6.25. The molecule has 0 saturated carbocycles. The maximum Gasteiger partial charge on any atom is 0.339 e. The van der Waals surface area contributed by atoms with Crippen molar-refractivity contribution in [2.75, 3.05) is 59.2 Å². The second-order valence-electron chi connectivity index (χ2n) is 15.0. The van der Waals surface area contributed by atoms with Crippen molar-refractivity contribution in [1.82, 2.24) is 39.0 Å². The molecule has 31 nitrogen and oxygen atoms in total. The predicted octanol–water partition coefficient (Wildman–Crippen LogP) is 1.48. The average molecular weight is 1040 g/mol. The minimum Gasteiger partial charge on any atom is -0.338 e. The molecular weight excluding hydrogens is 981 g/mol. The molecule has 1 saturated heterocycles. The Balaban J connectivity index is 0.00000110. The monoisotopic (exact) mass is 1040 g/mol. The highest BCUT2D eigenvalue weighted by Crippen LogP contribution is 2.17. The summed E-state index contributed by atoms with van der Waals surface area (Å²) in [4.78, 5) is 194. The molecule has 2 N–H and O–H groups in total. The molecule has 2 rings (SSSR count). The van der Waals surface area contributed by atoms with Crippen LogP contribution in [0, 0.1) is 0 Å². The van der Waals surface area contributed by atoms with E-state index in [0.717, 1.165) is 89.9 Å². The van der Waals surface area contributed by atoms with Crippen LogP contribution in [0.5, 0.6) is 0 Å². The lowest BCUT2D eigenvalue weighted by Crippen LogP contribution is -2.63. The Bertz CT molecular complexity index is 2450. The van der Waals surface area contributed by atoms with Gasteiger partial charge in [-0.15, -0.1) is 0 Å². The molecule has 0 atom stereocenters. The number of amides is 8. The number of hydrogen-bond acceptors (Lipinski definition) is 23. The van der Waals surface area contributed by atoms with E-state index in [4.69, 9.17) is 0 Å². The molecule has 0 unspecified atom stereocenters. The Kier molecular flexibility index (Phi) is 38.8. The van der Waals surface area contributed by atoms with Gasteiger partial charge < -0.3 is 10.6 Å². The molecule has 31 heteroatoms. The van der Waals surface area contributed by atoms with E-state index in [-0.39, 0.29) is 26.4 Å². The van der Waals surface area contributed by atoms with Crippen LogP contribution in [0.2, 0.25) is 0 Å². The highest BCUT2D eigenvalue weighted by Gasteiger charge is 2.42. The second-order valence-corrected chi connectivity index (χ2v) is 15.0. The third kappa shape index (κ3) is 28.1. The van der Waals surface area contributed by atoms with Gasteiger partial charge in [0.2, 0.25) is 48.6 Å². The van der Waals surface area contributed by atoms with Crippen molar-refractivity contribution in [1.29, 1.82) is 0 Å². The molecule has 8 amide bonds. The average Bonchev–Trinajstić information content (AvgIpc) is 3.39. The Hall–Kier alpha value is -8.87. The largest absolute Gasteiger partial charge is 0.339 e. The fraction of sp³-hybridized carbons (Fsp3) is 0.651. The maximum atomic E-state index is 12.3. The van der Waals surface area contributed by atoms with Crippen molar-refractivity contribution in [2.45, 2.75) is 123 Å². The van der Waals surface area contributed by atoms with Gasteiger partial charge in [-0.25, -0.2) is 120 Å². The summed E-state index contributed by atoms with van der Waals surface area (Å²) in [6.45, 7) is 0.969. The van der Waals surface area contributed by atoms with Gasteiger partial charge >= 0.3 is 41.2 Å². The first-order valence-corrected chi connectivity index (χ1v) is 23.2. The zero-order valence-corrected chi connectivity index (χ0v) is 40.7. The summed E-state index contributed by atoms with van der Waals surface area (Å²) in [6, 6.07) is -2.03. The van der Waals surface area contributed by atoms with Crippen LogP contribution in [-0.2, 0) is 58.2 Å². The van der Waals surface area contributed by atoms with Gasteiger partial charge in [-0.05, 0) is 51.4 Å². The van der Waals surface area contributed by atoms with E-state index in [2.05, 4.69) is 50.6 Å². The number of carbonyl (C=O) groups is 4. The van der Waals surface area contributed by atoms with Gasteiger partial charge in [-0.2, -0.15) is 20.0 Å². The molecule has 1 aliphatic rings. The van der Waals surface area contributed by atoms with E-state index in [0.29, 0.717) is 80.5 Å². The molecule has 0 radical (unpaired) electrons. The molecule has 400 valence electrons. The van der Waals surface area contributed by atoms with Gasteiger partial charge in [0.25, 0.3) is 0 Å². The van der Waals surface area contributed by atoms with E-state index in [1.807, 2.05) is 0 Å². The van der Waals surface area contributed by atoms with Crippen LogP contribution in [0.25, 0.3) is 0 Å². The minimum absolute atomic E-state index is 0.0184. The van der Waals surface area contributed by atoms with Crippen LogP contribution >= 0.6 is 0 Å². The van der Waals surface area contributed by atoms with Crippen molar-refractivity contribution in [3.05, 3.63) is 31.5 Å². The number of aliphatic imine (C=N–C) groups is 8. The van der Waals surface area contributed by atoms with Crippen LogP contribution in [-0.4, -0.2) is 160 Å². The van der Waals surface area contributed by atoms with Crippen molar-refractivity contribution >= 4 is 72.8 Å². The number of imide groups is 3. The summed E-state index contributed by atoms with van der Waals surface area (Å²) in [6.07, 6.45) is 22.7. The SMILES string of the molecule is O=C=NCCCCCCN1C(=O)N(CN=C=O)C1=O.O=C=NCCCCCCNC(=O)N(CCCCCCN=C=O)C(=O)NCN=C=O.O=C=NCCCCCCn1c(=O)n(CN=C=O)c(=O)n(CN=C=O)c1=O. The maximum absolute atomic E-state index is 12.3. The lowest BCUT2D eigenvalue weighted by Gasteiger charge is -2.37. The zero-order valence-electron chi connectivity index (χ0n) is 40.7. The van der Waals surface area contributed by atoms with Gasteiger partial charge in [0.15, 0.2) is 0 Å². The number of urea groups is 4. The number of nitrogens with zero attached hydrogens (tertiary/aromatic N) is 14. The molecule has 74 heavy (non-hydrogen) atoms. The van der Waals surface area contributed by atoms with Crippen molar-refractivity contribution in [2.24, 2.45) is 39.9 Å². The number of hydrogen-bond donors (Lipinski definition) is 2. The van der Waals surface area contributed by atoms with Crippen molar-refractivity contribution < 1.29 is 57.5 Å². The summed E-state index contributed by atoms with van der Waals surface area (Å²) in [5, 5.41) is 5.06. The summed E-state index contributed by atoms with van der Waals surface area (Å²) >= 11 is 0. The standard InChI is InChI=1S/C18H28N6O5.C14H16N6O6.C11H14N4O4/c25-14-19-9-5-1-2-7-11-22-17(28)24(18(29)23-13-21-16-27)12-8-4-3-6-10-20-15-26;21-9-15-5-3-1-2-4-6-18-12(24)19(7-16-10-22)14(26)20(13(18)25)8-17-11-23;16-8-12-5-3-1-2-4-6-14-10(18)15(11(14)19)7-13-9-17/h1-13H2,(H,22,28)(H,23,29);1-8H2;1-7H2. The fourth-order valence-corrected chi connectivity index (χ4v) is 6.25. The van der Waals surface area contributed by atoms with Gasteiger partial charge in [-0.1, -0.05) is 51.4 Å². The first-order chi connectivity index (χ1) is 36.0. The second kappa shape index (κ2) is 44.1. The number of aromatic nitrogens is 3. The quantitative estimate of drug-likeness (QED) is 0.0546. The van der Waals surface area contributed by atoms with E-state index < -0.39 is 54.5 Å². The summed E-state index contributed by atoms with van der Waals surface area (Å²) in [5.74, 6) is 0. The number of rotatable bonds is 36. The number of isocyanates is 8. The van der Waals surface area contributed by atoms with Crippen molar-refractivity contribution in [3.8, 4) is 0 Å². The van der Waals surface area contributed by atoms with E-state index in [9.17, 15) is 71.9 Å². The highest BCUT2D eigenvalue weighted by atomic mass is 16.2.